The van der Waals surface area contributed by atoms with E-state index < -0.39 is 11.0 Å². The maximum Gasteiger partial charge on any atom is 0.128 e. The van der Waals surface area contributed by atoms with Crippen LogP contribution in [0.25, 0.3) is 0 Å². The predicted octanol–water partition coefficient (Wildman–Crippen LogP) is 2.15. The molecule has 0 aliphatic rings. The van der Waals surface area contributed by atoms with Crippen molar-refractivity contribution in [1.82, 2.24) is 0 Å². The van der Waals surface area contributed by atoms with Crippen LogP contribution in [0, 0.1) is 5.41 Å². The summed E-state index contributed by atoms with van der Waals surface area (Å²) in [5, 5.41) is 10.1. The van der Waals surface area contributed by atoms with Gasteiger partial charge in [-0.3, -0.25) is 0 Å². The lowest BCUT2D eigenvalue weighted by Gasteiger charge is -2.38. The van der Waals surface area contributed by atoms with Crippen LogP contribution in [-0.4, -0.2) is 17.0 Å². The van der Waals surface area contributed by atoms with E-state index in [4.69, 9.17) is 0 Å². The molecule has 72 valence electrons. The average molecular weight is 172 g/mol. The molecule has 0 fully saturated rings. The van der Waals surface area contributed by atoms with Gasteiger partial charge in [0.2, 0.25) is 0 Å². The summed E-state index contributed by atoms with van der Waals surface area (Å²) in [5.74, 6) is 0. The molecule has 0 aromatic heterocycles. The lowest BCUT2D eigenvalue weighted by atomic mass is 9.72. The molecule has 1 atom stereocenters. The molecule has 0 bridgehead atoms. The fourth-order valence-electron chi connectivity index (χ4n) is 1.48. The SMILES string of the molecule is CCCC(O)(CC)C(C)(C)C=O. The standard InChI is InChI=1S/C10H20O2/c1-5-7-10(12,6-2)9(3,4)8-11/h8,12H,5-7H2,1-4H3. The summed E-state index contributed by atoms with van der Waals surface area (Å²) in [6.45, 7) is 7.51. The van der Waals surface area contributed by atoms with Gasteiger partial charge < -0.3 is 9.90 Å². The van der Waals surface area contributed by atoms with Crippen molar-refractivity contribution >= 4 is 6.29 Å². The maximum absolute atomic E-state index is 10.7. The number of hydrogen-bond acceptors (Lipinski definition) is 2. The molecule has 0 amide bonds. The molecule has 0 aliphatic heterocycles. The summed E-state index contributed by atoms with van der Waals surface area (Å²) in [4.78, 5) is 10.7. The highest BCUT2D eigenvalue weighted by molar-refractivity contribution is 5.60. The van der Waals surface area contributed by atoms with E-state index in [2.05, 4.69) is 0 Å². The number of rotatable bonds is 5. The van der Waals surface area contributed by atoms with Crippen molar-refractivity contribution in [1.29, 1.82) is 0 Å². The second kappa shape index (κ2) is 4.04. The van der Waals surface area contributed by atoms with E-state index in [0.29, 0.717) is 12.8 Å². The van der Waals surface area contributed by atoms with Crippen molar-refractivity contribution in [3.05, 3.63) is 0 Å². The first-order chi connectivity index (χ1) is 5.43. The number of carbonyl (C=O) groups is 1. The molecule has 0 radical (unpaired) electrons. The zero-order valence-electron chi connectivity index (χ0n) is 8.55. The smallest absolute Gasteiger partial charge is 0.128 e. The Kier molecular flexibility index (Phi) is 3.91. The molecule has 1 N–H and O–H groups in total. The molecule has 0 aromatic rings. The fraction of sp³-hybridized carbons (Fsp3) is 0.900. The molecule has 0 saturated heterocycles. The van der Waals surface area contributed by atoms with Gasteiger partial charge in [0.25, 0.3) is 0 Å². The third kappa shape index (κ3) is 2.07. The van der Waals surface area contributed by atoms with E-state index in [9.17, 15) is 9.90 Å². The topological polar surface area (TPSA) is 37.3 Å². The second-order valence-corrected chi connectivity index (χ2v) is 3.97. The summed E-state index contributed by atoms with van der Waals surface area (Å²) in [5.41, 5.74) is -1.46. The molecule has 12 heavy (non-hydrogen) atoms. The first kappa shape index (κ1) is 11.6. The molecule has 1 unspecified atom stereocenters. The van der Waals surface area contributed by atoms with Crippen LogP contribution in [0.5, 0.6) is 0 Å². The van der Waals surface area contributed by atoms with E-state index in [1.165, 1.54) is 0 Å². The lowest BCUT2D eigenvalue weighted by molar-refractivity contribution is -0.133. The Morgan fingerprint density at radius 2 is 1.83 bits per heavy atom. The first-order valence-electron chi connectivity index (χ1n) is 4.62. The second-order valence-electron chi connectivity index (χ2n) is 3.97. The number of aldehydes is 1. The molecular weight excluding hydrogens is 152 g/mol. The molecule has 0 spiro atoms. The Labute approximate surface area is 75.0 Å². The van der Waals surface area contributed by atoms with Gasteiger partial charge in [-0.2, -0.15) is 0 Å². The molecule has 2 nitrogen and oxygen atoms in total. The van der Waals surface area contributed by atoms with Gasteiger partial charge in [0.1, 0.15) is 6.29 Å². The minimum atomic E-state index is -0.830. The predicted molar refractivity (Wildman–Crippen MR) is 50.0 cm³/mol. The molecular formula is C10H20O2. The Balaban J connectivity index is 4.60. The van der Waals surface area contributed by atoms with Gasteiger partial charge in [-0.25, -0.2) is 0 Å². The third-order valence-electron chi connectivity index (χ3n) is 2.74. The van der Waals surface area contributed by atoms with Gasteiger partial charge in [-0.15, -0.1) is 0 Å². The van der Waals surface area contributed by atoms with E-state index in [1.807, 2.05) is 13.8 Å². The van der Waals surface area contributed by atoms with Crippen LogP contribution in [0.3, 0.4) is 0 Å². The highest BCUT2D eigenvalue weighted by Gasteiger charge is 2.40. The van der Waals surface area contributed by atoms with Crippen LogP contribution >= 0.6 is 0 Å². The average Bonchev–Trinajstić information content (AvgIpc) is 2.04. The summed E-state index contributed by atoms with van der Waals surface area (Å²) in [6.07, 6.45) is 3.08. The molecule has 0 aromatic carbocycles. The van der Waals surface area contributed by atoms with Crippen molar-refractivity contribution < 1.29 is 9.90 Å². The summed E-state index contributed by atoms with van der Waals surface area (Å²) >= 11 is 0. The maximum atomic E-state index is 10.7. The molecule has 0 rings (SSSR count). The van der Waals surface area contributed by atoms with Crippen LogP contribution in [0.4, 0.5) is 0 Å². The monoisotopic (exact) mass is 172 g/mol. The van der Waals surface area contributed by atoms with Gasteiger partial charge in [0.15, 0.2) is 0 Å². The van der Waals surface area contributed by atoms with Crippen LogP contribution in [0.15, 0.2) is 0 Å². The van der Waals surface area contributed by atoms with E-state index in [0.717, 1.165) is 12.7 Å². The third-order valence-corrected chi connectivity index (χ3v) is 2.74. The van der Waals surface area contributed by atoms with Gasteiger partial charge in [-0.1, -0.05) is 34.1 Å². The van der Waals surface area contributed by atoms with E-state index in [1.54, 1.807) is 13.8 Å². The van der Waals surface area contributed by atoms with Gasteiger partial charge in [0.05, 0.1) is 5.60 Å². The highest BCUT2D eigenvalue weighted by Crippen LogP contribution is 2.35. The van der Waals surface area contributed by atoms with Crippen molar-refractivity contribution in [2.45, 2.75) is 52.6 Å². The Morgan fingerprint density at radius 3 is 2.08 bits per heavy atom. The van der Waals surface area contributed by atoms with Gasteiger partial charge in [-0.05, 0) is 12.8 Å². The normalized spacial score (nSPS) is 17.1. The van der Waals surface area contributed by atoms with Crippen molar-refractivity contribution in [3.8, 4) is 0 Å². The molecule has 2 heteroatoms. The molecule has 0 saturated carbocycles. The summed E-state index contributed by atoms with van der Waals surface area (Å²) in [7, 11) is 0. The van der Waals surface area contributed by atoms with Crippen molar-refractivity contribution in [2.75, 3.05) is 0 Å². The van der Waals surface area contributed by atoms with E-state index in [-0.39, 0.29) is 0 Å². The van der Waals surface area contributed by atoms with Crippen molar-refractivity contribution in [2.24, 2.45) is 5.41 Å². The minimum Gasteiger partial charge on any atom is -0.389 e. The largest absolute Gasteiger partial charge is 0.389 e. The van der Waals surface area contributed by atoms with Crippen LogP contribution in [-0.2, 0) is 4.79 Å². The number of hydrogen-bond donors (Lipinski definition) is 1. The van der Waals surface area contributed by atoms with Crippen molar-refractivity contribution in [3.63, 3.8) is 0 Å². The van der Waals surface area contributed by atoms with Crippen LogP contribution < -0.4 is 0 Å². The minimum absolute atomic E-state index is 0.627. The Bertz CT molecular complexity index is 152. The highest BCUT2D eigenvalue weighted by atomic mass is 16.3. The van der Waals surface area contributed by atoms with Gasteiger partial charge in [0, 0.05) is 5.41 Å². The Hall–Kier alpha value is -0.370. The summed E-state index contributed by atoms with van der Waals surface area (Å²) in [6, 6.07) is 0. The first-order valence-corrected chi connectivity index (χ1v) is 4.62. The van der Waals surface area contributed by atoms with Crippen LogP contribution in [0.1, 0.15) is 47.0 Å². The summed E-state index contributed by atoms with van der Waals surface area (Å²) < 4.78 is 0. The number of carbonyl (C=O) groups excluding carboxylic acids is 1. The number of aliphatic hydroxyl groups is 1. The van der Waals surface area contributed by atoms with E-state index >= 15 is 0 Å². The Morgan fingerprint density at radius 1 is 1.33 bits per heavy atom. The van der Waals surface area contributed by atoms with Crippen LogP contribution in [0.2, 0.25) is 0 Å². The lowest BCUT2D eigenvalue weighted by Crippen LogP contribution is -2.45. The van der Waals surface area contributed by atoms with Gasteiger partial charge >= 0.3 is 0 Å². The molecule has 0 aliphatic carbocycles. The fourth-order valence-corrected chi connectivity index (χ4v) is 1.48. The zero-order chi connectivity index (χ0) is 9.83. The zero-order valence-corrected chi connectivity index (χ0v) is 8.55. The quantitative estimate of drug-likeness (QED) is 0.645. The molecule has 0 heterocycles.